The molecule has 0 aliphatic carbocycles. The molecule has 1 nitrogen and oxygen atoms in total. The van der Waals surface area contributed by atoms with Gasteiger partial charge in [0, 0.05) is 0 Å². The maximum atomic E-state index is 8.09. The van der Waals surface area contributed by atoms with Gasteiger partial charge in [0.2, 0.25) is 0 Å². The quantitative estimate of drug-likeness (QED) is 0.225. The van der Waals surface area contributed by atoms with Crippen molar-refractivity contribution >= 4 is 33.1 Å². The number of benzene rings is 3. The van der Waals surface area contributed by atoms with Crippen LogP contribution in [0.2, 0.25) is 0 Å². The SMILES string of the molecule is NCCCCCCCCCCP(Cl)(c1ccccc1)(c1ccccc1)c1ccccc1. The minimum absolute atomic E-state index is 0.821. The van der Waals surface area contributed by atoms with Gasteiger partial charge in [0.25, 0.3) is 0 Å². The molecule has 3 aromatic carbocycles. The molecular formula is C28H37ClNP. The maximum absolute atomic E-state index is 8.09. The first-order valence-corrected chi connectivity index (χ1v) is 15.1. The summed E-state index contributed by atoms with van der Waals surface area (Å²) in [6.45, 7) is 0.821. The number of rotatable bonds is 13. The van der Waals surface area contributed by atoms with Crippen LogP contribution in [-0.2, 0) is 0 Å². The van der Waals surface area contributed by atoms with Crippen molar-refractivity contribution < 1.29 is 0 Å². The molecule has 0 heterocycles. The van der Waals surface area contributed by atoms with Crippen LogP contribution in [-0.4, -0.2) is 12.7 Å². The number of hydrogen-bond acceptors (Lipinski definition) is 1. The topological polar surface area (TPSA) is 26.0 Å². The van der Waals surface area contributed by atoms with E-state index in [0.29, 0.717) is 0 Å². The van der Waals surface area contributed by atoms with Gasteiger partial charge in [-0.15, -0.1) is 0 Å². The number of halogens is 1. The van der Waals surface area contributed by atoms with Crippen molar-refractivity contribution in [2.45, 2.75) is 51.4 Å². The van der Waals surface area contributed by atoms with Crippen molar-refractivity contribution in [1.29, 1.82) is 0 Å². The normalized spacial score (nSPS) is 12.9. The summed E-state index contributed by atoms with van der Waals surface area (Å²) in [5, 5.41) is 3.82. The molecule has 0 aliphatic rings. The summed E-state index contributed by atoms with van der Waals surface area (Å²) in [6.07, 6.45) is 11.0. The van der Waals surface area contributed by atoms with Crippen LogP contribution in [0, 0.1) is 0 Å². The van der Waals surface area contributed by atoms with Gasteiger partial charge in [-0.05, 0) is 0 Å². The summed E-state index contributed by atoms with van der Waals surface area (Å²) in [6, 6.07) is 32.5. The summed E-state index contributed by atoms with van der Waals surface area (Å²) < 4.78 is 0. The van der Waals surface area contributed by atoms with E-state index in [1.165, 1.54) is 54.4 Å². The summed E-state index contributed by atoms with van der Waals surface area (Å²) >= 11 is 8.09. The van der Waals surface area contributed by atoms with Crippen molar-refractivity contribution in [3.63, 3.8) is 0 Å². The third-order valence-electron chi connectivity index (χ3n) is 6.42. The molecule has 3 heteroatoms. The molecule has 0 aliphatic heterocycles. The summed E-state index contributed by atoms with van der Waals surface area (Å²) in [5.74, 6) is -3.06. The molecule has 3 rings (SSSR count). The van der Waals surface area contributed by atoms with Gasteiger partial charge in [-0.25, -0.2) is 0 Å². The minimum atomic E-state index is -3.06. The molecule has 0 saturated heterocycles. The standard InChI is InChI=1S/C28H37ClNP/c29-31(26-18-10-7-11-19-26,27-20-12-8-13-21-27,28-22-14-9-15-23-28)25-17-6-4-2-1-3-5-16-24-30/h7-15,18-23H,1-6,16-17,24-25,30H2. The molecule has 0 saturated carbocycles. The Labute approximate surface area is 193 Å². The molecular weight excluding hydrogens is 417 g/mol. The van der Waals surface area contributed by atoms with E-state index in [-0.39, 0.29) is 0 Å². The van der Waals surface area contributed by atoms with E-state index < -0.39 is 5.96 Å². The molecule has 2 N–H and O–H groups in total. The van der Waals surface area contributed by atoms with Gasteiger partial charge in [0.15, 0.2) is 0 Å². The van der Waals surface area contributed by atoms with E-state index >= 15 is 0 Å². The number of nitrogens with two attached hydrogens (primary N) is 1. The summed E-state index contributed by atoms with van der Waals surface area (Å²) in [4.78, 5) is 0. The third-order valence-corrected chi connectivity index (χ3v) is 14.0. The molecule has 0 amide bonds. The fraction of sp³-hybridized carbons (Fsp3) is 0.357. The van der Waals surface area contributed by atoms with Crippen LogP contribution in [0.1, 0.15) is 51.4 Å². The van der Waals surface area contributed by atoms with Crippen LogP contribution in [0.5, 0.6) is 0 Å². The molecule has 0 atom stereocenters. The Morgan fingerprint density at radius 3 is 1.16 bits per heavy atom. The fourth-order valence-electron chi connectivity index (χ4n) is 4.66. The summed E-state index contributed by atoms with van der Waals surface area (Å²) in [7, 11) is 0. The predicted molar refractivity (Wildman–Crippen MR) is 142 cm³/mol. The van der Waals surface area contributed by atoms with E-state index in [9.17, 15) is 0 Å². The molecule has 0 fully saturated rings. The Hall–Kier alpha value is -1.66. The first-order chi connectivity index (χ1) is 15.2. The second-order valence-corrected chi connectivity index (χ2v) is 15.1. The number of hydrogen-bond donors (Lipinski definition) is 1. The molecule has 0 unspecified atom stereocenters. The van der Waals surface area contributed by atoms with E-state index in [1.807, 2.05) is 0 Å². The second-order valence-electron chi connectivity index (χ2n) is 8.53. The fourth-order valence-corrected chi connectivity index (χ4v) is 10.9. The predicted octanol–water partition coefficient (Wildman–Crippen LogP) is 6.75. The van der Waals surface area contributed by atoms with Crippen molar-refractivity contribution in [3.05, 3.63) is 91.0 Å². The Bertz CT molecular complexity index is 783. The molecule has 0 spiro atoms. The first-order valence-electron chi connectivity index (χ1n) is 11.8. The van der Waals surface area contributed by atoms with Crippen molar-refractivity contribution in [3.8, 4) is 0 Å². The van der Waals surface area contributed by atoms with Gasteiger partial charge in [-0.1, -0.05) is 0 Å². The van der Waals surface area contributed by atoms with Crippen molar-refractivity contribution in [1.82, 2.24) is 0 Å². The van der Waals surface area contributed by atoms with Gasteiger partial charge >= 0.3 is 194 Å². The van der Waals surface area contributed by atoms with Gasteiger partial charge < -0.3 is 0 Å². The molecule has 31 heavy (non-hydrogen) atoms. The Kier molecular flexibility index (Phi) is 9.15. The molecule has 0 bridgehead atoms. The van der Waals surface area contributed by atoms with E-state index in [1.54, 1.807) is 0 Å². The Morgan fingerprint density at radius 2 is 0.806 bits per heavy atom. The molecule has 0 radical (unpaired) electrons. The average Bonchev–Trinajstić information content (AvgIpc) is 2.84. The van der Waals surface area contributed by atoms with Crippen molar-refractivity contribution in [2.75, 3.05) is 12.7 Å². The molecule has 3 aromatic rings. The van der Waals surface area contributed by atoms with Crippen LogP contribution < -0.4 is 21.6 Å². The summed E-state index contributed by atoms with van der Waals surface area (Å²) in [5.41, 5.74) is 5.60. The second kappa shape index (κ2) is 11.8. The van der Waals surface area contributed by atoms with E-state index in [0.717, 1.165) is 25.5 Å². The van der Waals surface area contributed by atoms with Crippen LogP contribution in [0.15, 0.2) is 91.0 Å². The van der Waals surface area contributed by atoms with Crippen LogP contribution >= 0.6 is 17.2 Å². The van der Waals surface area contributed by atoms with Gasteiger partial charge in [-0.2, -0.15) is 0 Å². The van der Waals surface area contributed by atoms with Gasteiger partial charge in [0.05, 0.1) is 0 Å². The zero-order valence-corrected chi connectivity index (χ0v) is 20.3. The van der Waals surface area contributed by atoms with E-state index in [2.05, 4.69) is 91.0 Å². The first kappa shape index (κ1) is 24.0. The molecule has 0 aromatic heterocycles. The monoisotopic (exact) mass is 453 g/mol. The zero-order valence-electron chi connectivity index (χ0n) is 18.6. The third kappa shape index (κ3) is 5.58. The van der Waals surface area contributed by atoms with Gasteiger partial charge in [0.1, 0.15) is 0 Å². The van der Waals surface area contributed by atoms with E-state index in [4.69, 9.17) is 17.0 Å². The zero-order chi connectivity index (χ0) is 21.9. The van der Waals surface area contributed by atoms with Crippen LogP contribution in [0.25, 0.3) is 0 Å². The number of unbranched alkanes of at least 4 members (excludes halogenated alkanes) is 7. The van der Waals surface area contributed by atoms with Crippen molar-refractivity contribution in [2.24, 2.45) is 5.73 Å². The average molecular weight is 454 g/mol. The van der Waals surface area contributed by atoms with Crippen LogP contribution in [0.4, 0.5) is 0 Å². The Balaban J connectivity index is 1.85. The van der Waals surface area contributed by atoms with Gasteiger partial charge in [-0.3, -0.25) is 0 Å². The Morgan fingerprint density at radius 1 is 0.484 bits per heavy atom. The molecule has 166 valence electrons. The van der Waals surface area contributed by atoms with Crippen LogP contribution in [0.3, 0.4) is 0 Å².